The van der Waals surface area contributed by atoms with Gasteiger partial charge in [-0.05, 0) is 79.5 Å². The molecule has 1 saturated carbocycles. The van der Waals surface area contributed by atoms with Gasteiger partial charge in [-0.2, -0.15) is 0 Å². The average molecular weight is 708 g/mol. The second kappa shape index (κ2) is 14.8. The van der Waals surface area contributed by atoms with Crippen molar-refractivity contribution in [1.82, 2.24) is 24.4 Å². The van der Waals surface area contributed by atoms with Crippen LogP contribution in [-0.4, -0.2) is 61.6 Å². The highest BCUT2D eigenvalue weighted by Gasteiger charge is 2.31. The van der Waals surface area contributed by atoms with E-state index in [4.69, 9.17) is 21.3 Å². The molecule has 1 aliphatic heterocycles. The molecule has 0 bridgehead atoms. The smallest absolute Gasteiger partial charge is 0.308 e. The summed E-state index contributed by atoms with van der Waals surface area (Å²) in [7, 11) is 3.36. The monoisotopic (exact) mass is 707 g/mol. The number of aliphatic hydroxyl groups excluding tert-OH is 1. The Morgan fingerprint density at radius 1 is 1.04 bits per heavy atom. The van der Waals surface area contributed by atoms with Crippen LogP contribution in [0.15, 0.2) is 60.9 Å². The van der Waals surface area contributed by atoms with Gasteiger partial charge in [0.2, 0.25) is 0 Å². The van der Waals surface area contributed by atoms with Gasteiger partial charge in [0.25, 0.3) is 5.91 Å². The van der Waals surface area contributed by atoms with E-state index in [1.807, 2.05) is 61.0 Å². The predicted molar refractivity (Wildman–Crippen MR) is 198 cm³/mol. The lowest BCUT2D eigenvalue weighted by molar-refractivity contribution is -0.146. The number of hydrogen-bond acceptors (Lipinski definition) is 9. The fourth-order valence-corrected chi connectivity index (χ4v) is 7.82. The van der Waals surface area contributed by atoms with E-state index in [0.29, 0.717) is 40.3 Å². The maximum atomic E-state index is 13.7. The molecule has 0 radical (unpaired) electrons. The summed E-state index contributed by atoms with van der Waals surface area (Å²) in [4.78, 5) is 41.9. The zero-order chi connectivity index (χ0) is 35.6. The zero-order valence-electron chi connectivity index (χ0n) is 29.1. The summed E-state index contributed by atoms with van der Waals surface area (Å²) in [6, 6.07) is 15.3. The Hall–Kier alpha value is -4.84. The number of nitrogens with zero attached hydrogens (tertiary/aromatic N) is 5. The molecule has 51 heavy (non-hydrogen) atoms. The first-order valence-electron chi connectivity index (χ1n) is 17.4. The molecular formula is C39H42ClN7O4. The van der Waals surface area contributed by atoms with Crippen molar-refractivity contribution in [3.8, 4) is 11.1 Å². The third-order valence-electron chi connectivity index (χ3n) is 10.4. The number of nitrogens with one attached hydrogen (secondary N) is 2. The van der Waals surface area contributed by atoms with Crippen LogP contribution in [-0.2, 0) is 36.2 Å². The number of carbonyl (C=O) groups is 2. The first kappa shape index (κ1) is 34.6. The summed E-state index contributed by atoms with van der Waals surface area (Å²) in [5, 5.41) is 17.3. The van der Waals surface area contributed by atoms with Gasteiger partial charge in [-0.1, -0.05) is 35.9 Å². The first-order valence-corrected chi connectivity index (χ1v) is 17.8. The molecule has 2 aromatic carbocycles. The molecule has 3 aromatic heterocycles. The number of aliphatic hydroxyl groups is 1. The molecule has 3 N–H and O–H groups in total. The van der Waals surface area contributed by atoms with Gasteiger partial charge in [0.05, 0.1) is 36.0 Å². The highest BCUT2D eigenvalue weighted by atomic mass is 35.5. The molecule has 2 aliphatic rings. The fourth-order valence-electron chi connectivity index (χ4n) is 7.54. The van der Waals surface area contributed by atoms with Crippen LogP contribution >= 0.6 is 11.6 Å². The van der Waals surface area contributed by atoms with E-state index < -0.39 is 0 Å². The predicted octanol–water partition coefficient (Wildman–Crippen LogP) is 6.82. The van der Waals surface area contributed by atoms with Crippen molar-refractivity contribution in [2.24, 2.45) is 18.9 Å². The number of ether oxygens (including phenoxy) is 1. The third-order valence-corrected chi connectivity index (χ3v) is 10.8. The van der Waals surface area contributed by atoms with Crippen LogP contribution in [0.4, 0.5) is 17.2 Å². The molecule has 12 heteroatoms. The molecule has 11 nitrogen and oxygen atoms in total. The highest BCUT2D eigenvalue weighted by Crippen LogP contribution is 2.39. The van der Waals surface area contributed by atoms with Crippen molar-refractivity contribution in [3.05, 3.63) is 94.3 Å². The topological polar surface area (TPSA) is 134 Å². The molecule has 1 amide bonds. The van der Waals surface area contributed by atoms with Crippen LogP contribution in [0.5, 0.6) is 0 Å². The number of amides is 1. The number of esters is 1. The van der Waals surface area contributed by atoms with Crippen LogP contribution in [0.25, 0.3) is 22.0 Å². The number of hydrogen-bond donors (Lipinski definition) is 3. The van der Waals surface area contributed by atoms with Gasteiger partial charge < -0.3 is 25.0 Å². The number of rotatable bonds is 9. The van der Waals surface area contributed by atoms with Gasteiger partial charge >= 0.3 is 5.97 Å². The maximum absolute atomic E-state index is 13.7. The first-order chi connectivity index (χ1) is 24.7. The summed E-state index contributed by atoms with van der Waals surface area (Å²) >= 11 is 7.02. The molecule has 0 saturated heterocycles. The van der Waals surface area contributed by atoms with Crippen LogP contribution in [0.1, 0.15) is 58.8 Å². The Balaban J connectivity index is 1.05. The fraction of sp³-hybridized carbons (Fsp3) is 0.359. The van der Waals surface area contributed by atoms with E-state index in [1.165, 1.54) is 7.11 Å². The molecule has 264 valence electrons. The third kappa shape index (κ3) is 7.06. The minimum atomic E-state index is -0.315. The number of carbonyl (C=O) groups excluding carboxylic acids is 2. The number of imidazole rings is 1. The number of benzene rings is 2. The molecule has 0 spiro atoms. The maximum Gasteiger partial charge on any atom is 0.308 e. The number of halogens is 1. The van der Waals surface area contributed by atoms with Gasteiger partial charge in [-0.25, -0.2) is 9.97 Å². The average Bonchev–Trinajstić information content (AvgIpc) is 3.48. The van der Waals surface area contributed by atoms with Gasteiger partial charge in [-0.3, -0.25) is 19.5 Å². The van der Waals surface area contributed by atoms with E-state index in [2.05, 4.69) is 25.5 Å². The number of pyridine rings is 2. The molecule has 0 unspecified atom stereocenters. The number of methoxy groups -OCH3 is 1. The van der Waals surface area contributed by atoms with Crippen LogP contribution in [0, 0.1) is 18.8 Å². The van der Waals surface area contributed by atoms with E-state index >= 15 is 0 Å². The molecule has 0 atom stereocenters. The molecule has 7 rings (SSSR count). The van der Waals surface area contributed by atoms with Gasteiger partial charge in [0.15, 0.2) is 11.6 Å². The molecule has 4 heterocycles. The normalized spacial score (nSPS) is 17.6. The quantitative estimate of drug-likeness (QED) is 0.141. The van der Waals surface area contributed by atoms with E-state index in [0.717, 1.165) is 89.9 Å². The van der Waals surface area contributed by atoms with Crippen molar-refractivity contribution in [2.75, 3.05) is 30.8 Å². The minimum absolute atomic E-state index is 0.0235. The molecule has 1 fully saturated rings. The van der Waals surface area contributed by atoms with Crippen molar-refractivity contribution in [3.63, 3.8) is 0 Å². The van der Waals surface area contributed by atoms with Crippen molar-refractivity contribution in [2.45, 2.75) is 52.2 Å². The van der Waals surface area contributed by atoms with Crippen molar-refractivity contribution in [1.29, 1.82) is 0 Å². The van der Waals surface area contributed by atoms with Crippen molar-refractivity contribution >= 4 is 51.6 Å². The number of aromatic nitrogens is 4. The summed E-state index contributed by atoms with van der Waals surface area (Å²) < 4.78 is 6.85. The van der Waals surface area contributed by atoms with E-state index in [-0.39, 0.29) is 24.4 Å². The van der Waals surface area contributed by atoms with E-state index in [1.54, 1.807) is 18.5 Å². The Bertz CT molecular complexity index is 2110. The Labute approximate surface area is 302 Å². The highest BCUT2D eigenvalue weighted by molar-refractivity contribution is 6.36. The van der Waals surface area contributed by atoms with Crippen LogP contribution < -0.4 is 10.6 Å². The van der Waals surface area contributed by atoms with Crippen LogP contribution in [0.2, 0.25) is 5.02 Å². The Kier molecular flexibility index (Phi) is 10.0. The largest absolute Gasteiger partial charge is 0.469 e. The Morgan fingerprint density at radius 2 is 1.80 bits per heavy atom. The summed E-state index contributed by atoms with van der Waals surface area (Å²) in [5.41, 5.74) is 7.42. The van der Waals surface area contributed by atoms with Gasteiger partial charge in [0.1, 0.15) is 5.52 Å². The summed E-state index contributed by atoms with van der Waals surface area (Å²) in [5.74, 6) is 1.12. The second-order valence-corrected chi connectivity index (χ2v) is 13.9. The summed E-state index contributed by atoms with van der Waals surface area (Å²) in [6.07, 6.45) is 7.97. The molecule has 5 aromatic rings. The second-order valence-electron chi connectivity index (χ2n) is 13.6. The van der Waals surface area contributed by atoms with Crippen molar-refractivity contribution < 1.29 is 19.4 Å². The van der Waals surface area contributed by atoms with Crippen LogP contribution in [0.3, 0.4) is 0 Å². The molecule has 1 aliphatic carbocycles. The lowest BCUT2D eigenvalue weighted by Crippen LogP contribution is -2.36. The lowest BCUT2D eigenvalue weighted by Gasteiger charge is -2.33. The summed E-state index contributed by atoms with van der Waals surface area (Å²) in [6.45, 7) is 4.49. The minimum Gasteiger partial charge on any atom is -0.469 e. The number of fused-ring (bicyclic) bond motifs is 2. The van der Waals surface area contributed by atoms with Gasteiger partial charge in [0, 0.05) is 67.8 Å². The lowest BCUT2D eigenvalue weighted by atomic mass is 9.81. The Morgan fingerprint density at radius 3 is 2.57 bits per heavy atom. The van der Waals surface area contributed by atoms with Gasteiger partial charge in [-0.15, -0.1) is 0 Å². The number of anilines is 3. The van der Waals surface area contributed by atoms with E-state index in [9.17, 15) is 14.7 Å². The molecular weight excluding hydrogens is 666 g/mol. The standard InChI is InChI=1S/C39H42ClN7O4/c1-23-28(6-4-8-30(23)43-36-35-27(14-16-41-36)18-25(22-48)19-42-35)29-7-5-9-31(34(29)40)45-38(49)37-44-32-21-47(17-15-33(32)46(37)2)20-24-10-12-26(13-11-24)39(50)51-3/h4-9,14,16,18-19,24,26,48H,10-13,15,17,20-22H2,1-3H3,(H,41,43)(H,45,49). The zero-order valence-corrected chi connectivity index (χ0v) is 29.8. The SMILES string of the molecule is COC(=O)C1CCC(CN2CCc3c(nc(C(=O)Nc4cccc(-c5cccc(Nc6nccc7cc(CO)cnc67)c5C)c4Cl)n3C)C2)CC1.